The summed E-state index contributed by atoms with van der Waals surface area (Å²) in [4.78, 5) is 22.6. The zero-order chi connectivity index (χ0) is 37.0. The number of hydrogen-bond acceptors (Lipinski definition) is 6. The molecule has 0 aliphatic carbocycles. The Kier molecular flexibility index (Phi) is 7.83. The highest BCUT2D eigenvalue weighted by Crippen LogP contribution is 2.42. The van der Waals surface area contributed by atoms with E-state index in [1.807, 2.05) is 24.3 Å². The Labute approximate surface area is 331 Å². The molecule has 6 heteroatoms. The van der Waals surface area contributed by atoms with E-state index in [2.05, 4.69) is 158 Å². The van der Waals surface area contributed by atoms with Crippen LogP contribution in [0.15, 0.2) is 182 Å². The lowest BCUT2D eigenvalue weighted by molar-refractivity contribution is 1.24. The van der Waals surface area contributed by atoms with Gasteiger partial charge in [-0.05, 0) is 46.5 Å². The molecule has 0 saturated carbocycles. The maximum atomic E-state index is 5.24. The van der Waals surface area contributed by atoms with E-state index >= 15 is 0 Å². The van der Waals surface area contributed by atoms with Gasteiger partial charge in [0.1, 0.15) is 9.66 Å². The van der Waals surface area contributed by atoms with Crippen LogP contribution in [0.2, 0.25) is 0 Å². The van der Waals surface area contributed by atoms with Crippen LogP contribution in [0.3, 0.4) is 0 Å². The first kappa shape index (κ1) is 32.6. The van der Waals surface area contributed by atoms with Gasteiger partial charge in [-0.15, -0.1) is 22.7 Å². The average molecular weight is 751 g/mol. The second kappa shape index (κ2) is 13.5. The van der Waals surface area contributed by atoms with Crippen LogP contribution < -0.4 is 0 Å². The summed E-state index contributed by atoms with van der Waals surface area (Å²) in [6, 6.07) is 63.9. The monoisotopic (exact) mass is 750 g/mol. The van der Waals surface area contributed by atoms with Crippen molar-refractivity contribution in [1.82, 2.24) is 19.9 Å². The molecule has 56 heavy (non-hydrogen) atoms. The number of hydrogen-bond donors (Lipinski definition) is 0. The summed E-state index contributed by atoms with van der Waals surface area (Å²) in [7, 11) is 0. The molecular formula is C50H30N4S2. The van der Waals surface area contributed by atoms with Gasteiger partial charge in [-0.3, -0.25) is 0 Å². The number of thiophene rings is 2. The highest BCUT2D eigenvalue weighted by Gasteiger charge is 2.19. The average Bonchev–Trinajstić information content (AvgIpc) is 3.85. The minimum atomic E-state index is 0.726. The second-order valence-corrected chi connectivity index (χ2v) is 15.9. The Balaban J connectivity index is 0.964. The van der Waals surface area contributed by atoms with E-state index in [0.29, 0.717) is 0 Å². The molecule has 7 aromatic carbocycles. The number of aromatic nitrogens is 4. The zero-order valence-corrected chi connectivity index (χ0v) is 31.6. The van der Waals surface area contributed by atoms with Crippen molar-refractivity contribution >= 4 is 63.3 Å². The highest BCUT2D eigenvalue weighted by molar-refractivity contribution is 7.26. The molecule has 0 saturated heterocycles. The Morgan fingerprint density at radius 3 is 1.25 bits per heavy atom. The van der Waals surface area contributed by atoms with Crippen molar-refractivity contribution < 1.29 is 0 Å². The predicted molar refractivity (Wildman–Crippen MR) is 236 cm³/mol. The van der Waals surface area contributed by atoms with Crippen molar-refractivity contribution in [3.63, 3.8) is 0 Å². The van der Waals surface area contributed by atoms with E-state index in [0.717, 1.165) is 88.0 Å². The third-order valence-electron chi connectivity index (χ3n) is 10.4. The van der Waals surface area contributed by atoms with Gasteiger partial charge in [-0.1, -0.05) is 158 Å². The fourth-order valence-corrected chi connectivity index (χ4v) is 9.79. The van der Waals surface area contributed by atoms with Crippen LogP contribution in [0.4, 0.5) is 0 Å². The van der Waals surface area contributed by atoms with E-state index in [-0.39, 0.29) is 0 Å². The molecule has 0 N–H and O–H groups in total. The van der Waals surface area contributed by atoms with E-state index in [4.69, 9.17) is 19.9 Å². The number of nitrogens with zero attached hydrogens (tertiary/aromatic N) is 4. The Morgan fingerprint density at radius 2 is 0.679 bits per heavy atom. The van der Waals surface area contributed by atoms with Gasteiger partial charge in [0.25, 0.3) is 0 Å². The van der Waals surface area contributed by atoms with Crippen LogP contribution in [0.25, 0.3) is 108 Å². The first-order valence-corrected chi connectivity index (χ1v) is 20.2. The summed E-state index contributed by atoms with van der Waals surface area (Å²) in [5, 5.41) is 4.59. The topological polar surface area (TPSA) is 51.6 Å². The van der Waals surface area contributed by atoms with Crippen molar-refractivity contribution in [1.29, 1.82) is 0 Å². The van der Waals surface area contributed by atoms with Crippen LogP contribution in [-0.4, -0.2) is 19.9 Å². The smallest absolute Gasteiger partial charge is 0.161 e. The SMILES string of the molecule is c1ccc(-c2nc(-c3ccc(-c4cccc(-c5cccc(-c6nc(-c7ccccc7)c7c(n6)sc6ccccc67)c5)c4)cc3)c3c(n2)sc2ccccc23)cc1. The molecule has 262 valence electrons. The molecule has 0 aliphatic rings. The highest BCUT2D eigenvalue weighted by atomic mass is 32.1. The Bertz CT molecular complexity index is 3240. The molecule has 4 aromatic heterocycles. The molecule has 0 bridgehead atoms. The van der Waals surface area contributed by atoms with Crippen LogP contribution in [0.1, 0.15) is 0 Å². The van der Waals surface area contributed by atoms with E-state index in [1.165, 1.54) is 20.2 Å². The van der Waals surface area contributed by atoms with Gasteiger partial charge in [-0.25, -0.2) is 19.9 Å². The van der Waals surface area contributed by atoms with Gasteiger partial charge >= 0.3 is 0 Å². The molecule has 0 unspecified atom stereocenters. The lowest BCUT2D eigenvalue weighted by Gasteiger charge is -2.11. The summed E-state index contributed by atoms with van der Waals surface area (Å²) >= 11 is 3.44. The van der Waals surface area contributed by atoms with Gasteiger partial charge in [0.05, 0.1) is 11.4 Å². The summed E-state index contributed by atoms with van der Waals surface area (Å²) in [6.45, 7) is 0. The third kappa shape index (κ3) is 5.66. The molecular weight excluding hydrogens is 721 g/mol. The second-order valence-electron chi connectivity index (χ2n) is 13.8. The first-order chi connectivity index (χ1) is 27.7. The summed E-state index contributed by atoms with van der Waals surface area (Å²) in [5.41, 5.74) is 10.6. The molecule has 4 heterocycles. The summed E-state index contributed by atoms with van der Waals surface area (Å²) in [5.74, 6) is 1.47. The molecule has 4 nitrogen and oxygen atoms in total. The molecule has 0 spiro atoms. The molecule has 0 atom stereocenters. The van der Waals surface area contributed by atoms with Crippen molar-refractivity contribution in [3.8, 4) is 67.5 Å². The Morgan fingerprint density at radius 1 is 0.286 bits per heavy atom. The van der Waals surface area contributed by atoms with E-state index in [9.17, 15) is 0 Å². The quantitative estimate of drug-likeness (QED) is 0.170. The van der Waals surface area contributed by atoms with Crippen LogP contribution in [0.5, 0.6) is 0 Å². The first-order valence-electron chi connectivity index (χ1n) is 18.5. The number of fused-ring (bicyclic) bond motifs is 6. The van der Waals surface area contributed by atoms with Crippen LogP contribution in [-0.2, 0) is 0 Å². The van der Waals surface area contributed by atoms with Crippen LogP contribution >= 0.6 is 22.7 Å². The zero-order valence-electron chi connectivity index (χ0n) is 29.9. The molecule has 11 rings (SSSR count). The molecule has 0 fully saturated rings. The maximum Gasteiger partial charge on any atom is 0.161 e. The molecule has 0 amide bonds. The fraction of sp³-hybridized carbons (Fsp3) is 0. The van der Waals surface area contributed by atoms with Crippen molar-refractivity contribution in [2.24, 2.45) is 0 Å². The lowest BCUT2D eigenvalue weighted by Crippen LogP contribution is -1.94. The van der Waals surface area contributed by atoms with Gasteiger partial charge in [0.2, 0.25) is 0 Å². The van der Waals surface area contributed by atoms with Gasteiger partial charge in [-0.2, -0.15) is 0 Å². The van der Waals surface area contributed by atoms with E-state index in [1.54, 1.807) is 22.7 Å². The van der Waals surface area contributed by atoms with Crippen molar-refractivity contribution in [2.45, 2.75) is 0 Å². The largest absolute Gasteiger partial charge is 0.227 e. The van der Waals surface area contributed by atoms with E-state index < -0.39 is 0 Å². The van der Waals surface area contributed by atoms with Crippen molar-refractivity contribution in [3.05, 3.63) is 182 Å². The summed E-state index contributed by atoms with van der Waals surface area (Å²) < 4.78 is 2.43. The fourth-order valence-electron chi connectivity index (χ4n) is 7.64. The van der Waals surface area contributed by atoms with Crippen molar-refractivity contribution in [2.75, 3.05) is 0 Å². The third-order valence-corrected chi connectivity index (χ3v) is 12.5. The van der Waals surface area contributed by atoms with Crippen LogP contribution in [0, 0.1) is 0 Å². The minimum absolute atomic E-state index is 0.726. The lowest BCUT2D eigenvalue weighted by atomic mass is 9.96. The summed E-state index contributed by atoms with van der Waals surface area (Å²) in [6.07, 6.45) is 0. The van der Waals surface area contributed by atoms with Gasteiger partial charge < -0.3 is 0 Å². The Hall–Kier alpha value is -6.86. The van der Waals surface area contributed by atoms with Gasteiger partial charge in [0, 0.05) is 53.2 Å². The van der Waals surface area contributed by atoms with Gasteiger partial charge in [0.15, 0.2) is 11.6 Å². The molecule has 11 aromatic rings. The minimum Gasteiger partial charge on any atom is -0.227 e. The molecule has 0 aliphatic heterocycles. The number of rotatable bonds is 6. The number of benzene rings is 7. The normalized spacial score (nSPS) is 11.6. The maximum absolute atomic E-state index is 5.24. The predicted octanol–water partition coefficient (Wildman–Crippen LogP) is 14.0. The standard InChI is InChI=1S/C50H30N4S2/c1-3-13-32(14-4-1)45-43-39-21-7-9-23-41(39)56-50(43)54-48(52-45)38-20-12-19-37(30-38)36-18-11-17-35(29-36)31-25-27-33(28-26-31)46-44-40-22-8-10-24-42(40)55-49(44)53-47(51-46)34-15-5-2-6-16-34/h1-30H. The molecule has 0 radical (unpaired) electrons.